The van der Waals surface area contributed by atoms with Gasteiger partial charge >= 0.3 is 0 Å². The van der Waals surface area contributed by atoms with Crippen LogP contribution in [0.3, 0.4) is 0 Å². The second-order valence-corrected chi connectivity index (χ2v) is 3.05. The number of hydrogen-bond acceptors (Lipinski definition) is 5. The molecular weight excluding hydrogens is 180 g/mol. The van der Waals surface area contributed by atoms with Crippen LogP contribution in [0.2, 0.25) is 0 Å². The third kappa shape index (κ3) is 1.20. The van der Waals surface area contributed by atoms with Crippen LogP contribution in [0.1, 0.15) is 13.1 Å². The van der Waals surface area contributed by atoms with Crippen LogP contribution in [-0.4, -0.2) is 26.6 Å². The molecule has 0 bridgehead atoms. The number of rotatable bonds is 2. The van der Waals surface area contributed by atoms with Gasteiger partial charge in [0.05, 0.1) is 12.5 Å². The second kappa shape index (κ2) is 3.22. The Labute approximate surface area is 81.2 Å². The molecule has 2 rings (SSSR count). The van der Waals surface area contributed by atoms with Crippen LogP contribution in [0.25, 0.3) is 11.2 Å². The number of imidazole rings is 1. The van der Waals surface area contributed by atoms with Crippen LogP contribution in [0.5, 0.6) is 0 Å². The maximum absolute atomic E-state index is 5.66. The first-order valence-electron chi connectivity index (χ1n) is 4.34. The molecule has 0 saturated heterocycles. The fourth-order valence-corrected chi connectivity index (χ4v) is 1.29. The normalized spacial score (nSPS) is 13.3. The van der Waals surface area contributed by atoms with Gasteiger partial charge in [-0.3, -0.25) is 4.57 Å². The second-order valence-electron chi connectivity index (χ2n) is 3.05. The third-order valence-electron chi connectivity index (χ3n) is 2.22. The molecule has 1 unspecified atom stereocenters. The van der Waals surface area contributed by atoms with E-state index in [1.807, 2.05) is 18.5 Å². The Bertz CT molecular complexity index is 448. The summed E-state index contributed by atoms with van der Waals surface area (Å²) in [5.74, 6) is 0.414. The van der Waals surface area contributed by atoms with Crippen molar-refractivity contribution in [1.29, 1.82) is 0 Å². The fourth-order valence-electron chi connectivity index (χ4n) is 1.29. The zero-order valence-corrected chi connectivity index (χ0v) is 8.10. The first-order chi connectivity index (χ1) is 6.74. The van der Waals surface area contributed by atoms with Crippen LogP contribution in [-0.2, 0) is 0 Å². The summed E-state index contributed by atoms with van der Waals surface area (Å²) < 4.78 is 1.91. The fraction of sp³-hybridized carbons (Fsp3) is 0.375. The van der Waals surface area contributed by atoms with E-state index >= 15 is 0 Å². The van der Waals surface area contributed by atoms with E-state index in [0.29, 0.717) is 11.3 Å². The van der Waals surface area contributed by atoms with Gasteiger partial charge in [0.25, 0.3) is 0 Å². The van der Waals surface area contributed by atoms with Crippen LogP contribution in [0, 0.1) is 0 Å². The van der Waals surface area contributed by atoms with Gasteiger partial charge < -0.3 is 11.1 Å². The number of nitrogens with zero attached hydrogens (tertiary/aromatic N) is 4. The zero-order chi connectivity index (χ0) is 10.1. The SMILES string of the molecule is CNC(C)n1cnc2c(N)ncnc21. The Balaban J connectivity index is 2.63. The van der Waals surface area contributed by atoms with Crippen LogP contribution in [0.4, 0.5) is 5.82 Å². The van der Waals surface area contributed by atoms with Crippen molar-refractivity contribution in [2.45, 2.75) is 13.1 Å². The van der Waals surface area contributed by atoms with Crippen molar-refractivity contribution in [2.24, 2.45) is 0 Å². The number of aromatic nitrogens is 4. The molecule has 2 aromatic rings. The Morgan fingerprint density at radius 2 is 2.21 bits per heavy atom. The molecule has 0 spiro atoms. The molecule has 0 radical (unpaired) electrons. The van der Waals surface area contributed by atoms with Crippen molar-refractivity contribution >= 4 is 17.0 Å². The summed E-state index contributed by atoms with van der Waals surface area (Å²) >= 11 is 0. The standard InChI is InChI=1S/C8H12N6/c1-5(10-2)14-4-13-6-7(9)11-3-12-8(6)14/h3-5,10H,1-2H3,(H2,9,11,12). The molecule has 0 aliphatic rings. The van der Waals surface area contributed by atoms with E-state index in [1.54, 1.807) is 6.33 Å². The summed E-state index contributed by atoms with van der Waals surface area (Å²) in [6.45, 7) is 2.01. The average molecular weight is 192 g/mol. The minimum atomic E-state index is 0.134. The number of anilines is 1. The molecular formula is C8H12N6. The highest BCUT2D eigenvalue weighted by atomic mass is 15.2. The quantitative estimate of drug-likeness (QED) is 0.707. The number of fused-ring (bicyclic) bond motifs is 1. The molecule has 0 aromatic carbocycles. The predicted octanol–water partition coefficient (Wildman–Crippen LogP) is 0.146. The van der Waals surface area contributed by atoms with Crippen molar-refractivity contribution < 1.29 is 0 Å². The lowest BCUT2D eigenvalue weighted by Gasteiger charge is -2.11. The average Bonchev–Trinajstić information content (AvgIpc) is 2.62. The lowest BCUT2D eigenvalue weighted by atomic mass is 10.5. The maximum atomic E-state index is 5.66. The minimum Gasteiger partial charge on any atom is -0.382 e. The van der Waals surface area contributed by atoms with Gasteiger partial charge in [0.1, 0.15) is 11.8 Å². The Morgan fingerprint density at radius 3 is 2.93 bits per heavy atom. The van der Waals surface area contributed by atoms with Gasteiger partial charge in [-0.05, 0) is 14.0 Å². The van der Waals surface area contributed by atoms with Gasteiger partial charge in [-0.2, -0.15) is 0 Å². The lowest BCUT2D eigenvalue weighted by Crippen LogP contribution is -2.19. The molecule has 14 heavy (non-hydrogen) atoms. The van der Waals surface area contributed by atoms with Gasteiger partial charge in [-0.25, -0.2) is 15.0 Å². The van der Waals surface area contributed by atoms with Gasteiger partial charge in [0, 0.05) is 0 Å². The summed E-state index contributed by atoms with van der Waals surface area (Å²) in [7, 11) is 1.88. The molecule has 6 heteroatoms. The molecule has 0 aliphatic heterocycles. The smallest absolute Gasteiger partial charge is 0.166 e. The maximum Gasteiger partial charge on any atom is 0.166 e. The Kier molecular flexibility index (Phi) is 2.05. The molecule has 2 aromatic heterocycles. The minimum absolute atomic E-state index is 0.134. The van der Waals surface area contributed by atoms with Crippen molar-refractivity contribution in [3.8, 4) is 0 Å². The summed E-state index contributed by atoms with van der Waals surface area (Å²) in [6, 6.07) is 0. The third-order valence-corrected chi connectivity index (χ3v) is 2.22. The topological polar surface area (TPSA) is 81.7 Å². The van der Waals surface area contributed by atoms with Crippen molar-refractivity contribution in [3.63, 3.8) is 0 Å². The number of nitrogens with one attached hydrogen (secondary N) is 1. The Hall–Kier alpha value is -1.69. The van der Waals surface area contributed by atoms with Crippen LogP contribution >= 0.6 is 0 Å². The van der Waals surface area contributed by atoms with E-state index < -0.39 is 0 Å². The van der Waals surface area contributed by atoms with E-state index in [1.165, 1.54) is 6.33 Å². The first-order valence-corrected chi connectivity index (χ1v) is 4.34. The number of hydrogen-bond donors (Lipinski definition) is 2. The molecule has 1 atom stereocenters. The molecule has 0 saturated carbocycles. The Morgan fingerprint density at radius 1 is 1.43 bits per heavy atom. The molecule has 2 heterocycles. The van der Waals surface area contributed by atoms with E-state index in [-0.39, 0.29) is 6.17 Å². The highest BCUT2D eigenvalue weighted by molar-refractivity contribution is 5.81. The molecule has 0 aliphatic carbocycles. The van der Waals surface area contributed by atoms with E-state index in [9.17, 15) is 0 Å². The van der Waals surface area contributed by atoms with E-state index in [4.69, 9.17) is 5.73 Å². The van der Waals surface area contributed by atoms with Gasteiger partial charge in [0.15, 0.2) is 11.5 Å². The van der Waals surface area contributed by atoms with Gasteiger partial charge in [-0.15, -0.1) is 0 Å². The van der Waals surface area contributed by atoms with E-state index in [0.717, 1.165) is 5.65 Å². The van der Waals surface area contributed by atoms with Crippen LogP contribution in [0.15, 0.2) is 12.7 Å². The number of nitrogen functional groups attached to an aromatic ring is 1. The number of nitrogens with two attached hydrogens (primary N) is 1. The predicted molar refractivity (Wildman–Crippen MR) is 53.5 cm³/mol. The van der Waals surface area contributed by atoms with Crippen molar-refractivity contribution in [3.05, 3.63) is 12.7 Å². The zero-order valence-electron chi connectivity index (χ0n) is 8.10. The molecule has 74 valence electrons. The summed E-state index contributed by atoms with van der Waals surface area (Å²) in [5.41, 5.74) is 7.06. The summed E-state index contributed by atoms with van der Waals surface area (Å²) in [6.07, 6.45) is 3.28. The highest BCUT2D eigenvalue weighted by Gasteiger charge is 2.10. The highest BCUT2D eigenvalue weighted by Crippen LogP contribution is 2.16. The molecule has 6 nitrogen and oxygen atoms in total. The van der Waals surface area contributed by atoms with Gasteiger partial charge in [-0.1, -0.05) is 0 Å². The summed E-state index contributed by atoms with van der Waals surface area (Å²) in [5, 5.41) is 3.10. The first kappa shape index (κ1) is 8.89. The van der Waals surface area contributed by atoms with Crippen LogP contribution < -0.4 is 11.1 Å². The molecule has 0 amide bonds. The largest absolute Gasteiger partial charge is 0.382 e. The van der Waals surface area contributed by atoms with Gasteiger partial charge in [0.2, 0.25) is 0 Å². The molecule has 3 N–H and O–H groups in total. The molecule has 0 fully saturated rings. The van der Waals surface area contributed by atoms with Crippen molar-refractivity contribution in [1.82, 2.24) is 24.8 Å². The van der Waals surface area contributed by atoms with Crippen molar-refractivity contribution in [2.75, 3.05) is 12.8 Å². The summed E-state index contributed by atoms with van der Waals surface area (Å²) in [4.78, 5) is 12.2. The monoisotopic (exact) mass is 192 g/mol. The van der Waals surface area contributed by atoms with E-state index in [2.05, 4.69) is 20.3 Å². The lowest BCUT2D eigenvalue weighted by molar-refractivity contribution is 0.486.